The highest BCUT2D eigenvalue weighted by molar-refractivity contribution is 7.93. The molecule has 0 bridgehead atoms. The average Bonchev–Trinajstić information content (AvgIpc) is 2.44. The van der Waals surface area contributed by atoms with Crippen LogP contribution in [0.4, 0.5) is 5.69 Å². The van der Waals surface area contributed by atoms with E-state index in [1.54, 1.807) is 20.8 Å². The highest BCUT2D eigenvalue weighted by atomic mass is 32.2. The second-order valence-electron chi connectivity index (χ2n) is 7.15. The molecule has 0 aromatic heterocycles. The van der Waals surface area contributed by atoms with Gasteiger partial charge < -0.3 is 5.32 Å². The highest BCUT2D eigenvalue weighted by Gasteiger charge is 2.31. The average molecular weight is 391 g/mol. The lowest BCUT2D eigenvalue weighted by molar-refractivity contribution is -0.115. The van der Waals surface area contributed by atoms with Gasteiger partial charge in [-0.3, -0.25) is 4.79 Å². The number of anilines is 1. The Bertz CT molecular complexity index is 838. The van der Waals surface area contributed by atoms with Gasteiger partial charge in [0.2, 0.25) is 15.9 Å². The Labute approximate surface area is 150 Å². The SMILES string of the molecule is CC(C)S(=O)(=O)C(C)C(=O)Nc1cccc(S(=O)(=O)NC(C)(C)C)c1. The van der Waals surface area contributed by atoms with Crippen molar-refractivity contribution in [2.75, 3.05) is 5.32 Å². The number of amides is 1. The molecular weight excluding hydrogens is 364 g/mol. The molecule has 0 spiro atoms. The first-order valence-electron chi connectivity index (χ1n) is 7.84. The minimum absolute atomic E-state index is 0.0143. The summed E-state index contributed by atoms with van der Waals surface area (Å²) in [5.74, 6) is -0.702. The minimum Gasteiger partial charge on any atom is -0.325 e. The van der Waals surface area contributed by atoms with Crippen LogP contribution in [0, 0.1) is 0 Å². The molecular formula is C16H26N2O5S2. The molecule has 1 aromatic carbocycles. The van der Waals surface area contributed by atoms with Gasteiger partial charge in [-0.25, -0.2) is 21.6 Å². The molecule has 0 heterocycles. The van der Waals surface area contributed by atoms with Gasteiger partial charge in [0.05, 0.1) is 10.1 Å². The van der Waals surface area contributed by atoms with Crippen LogP contribution in [0.1, 0.15) is 41.5 Å². The van der Waals surface area contributed by atoms with Gasteiger partial charge in [0.15, 0.2) is 9.84 Å². The first-order valence-corrected chi connectivity index (χ1v) is 10.9. The topological polar surface area (TPSA) is 109 Å². The Balaban J connectivity index is 3.06. The van der Waals surface area contributed by atoms with E-state index in [2.05, 4.69) is 10.0 Å². The number of sulfone groups is 1. The molecule has 1 rings (SSSR count). The fourth-order valence-electron chi connectivity index (χ4n) is 2.00. The van der Waals surface area contributed by atoms with E-state index in [0.29, 0.717) is 0 Å². The third kappa shape index (κ3) is 5.79. The number of hydrogen-bond acceptors (Lipinski definition) is 5. The van der Waals surface area contributed by atoms with Gasteiger partial charge in [-0.05, 0) is 59.7 Å². The molecule has 0 aliphatic rings. The zero-order valence-electron chi connectivity index (χ0n) is 15.3. The summed E-state index contributed by atoms with van der Waals surface area (Å²) in [6.07, 6.45) is 0. The molecule has 0 fully saturated rings. The maximum absolute atomic E-state index is 12.3. The summed E-state index contributed by atoms with van der Waals surface area (Å²) in [4.78, 5) is 12.2. The van der Waals surface area contributed by atoms with E-state index in [9.17, 15) is 21.6 Å². The number of rotatable bonds is 6. The molecule has 1 atom stereocenters. The zero-order valence-corrected chi connectivity index (χ0v) is 17.0. The quantitative estimate of drug-likeness (QED) is 0.771. The molecule has 2 N–H and O–H groups in total. The van der Waals surface area contributed by atoms with Gasteiger partial charge in [-0.1, -0.05) is 6.07 Å². The molecule has 1 aromatic rings. The molecule has 0 saturated heterocycles. The van der Waals surface area contributed by atoms with Crippen LogP contribution in [0.15, 0.2) is 29.2 Å². The maximum Gasteiger partial charge on any atom is 0.242 e. The monoisotopic (exact) mass is 390 g/mol. The van der Waals surface area contributed by atoms with E-state index in [4.69, 9.17) is 0 Å². The van der Waals surface area contributed by atoms with Crippen molar-refractivity contribution in [3.05, 3.63) is 24.3 Å². The van der Waals surface area contributed by atoms with E-state index >= 15 is 0 Å². The van der Waals surface area contributed by atoms with Crippen LogP contribution in [0.2, 0.25) is 0 Å². The lowest BCUT2D eigenvalue weighted by Gasteiger charge is -2.20. The smallest absolute Gasteiger partial charge is 0.242 e. The summed E-state index contributed by atoms with van der Waals surface area (Å²) < 4.78 is 51.4. The minimum atomic E-state index is -3.76. The first kappa shape index (κ1) is 21.6. The maximum atomic E-state index is 12.3. The van der Waals surface area contributed by atoms with E-state index in [0.717, 1.165) is 0 Å². The van der Waals surface area contributed by atoms with Crippen molar-refractivity contribution in [3.8, 4) is 0 Å². The van der Waals surface area contributed by atoms with Crippen LogP contribution in [-0.2, 0) is 24.7 Å². The number of benzene rings is 1. The van der Waals surface area contributed by atoms with Crippen molar-refractivity contribution in [2.45, 2.75) is 62.5 Å². The molecule has 0 saturated carbocycles. The lowest BCUT2D eigenvalue weighted by atomic mass is 10.1. The van der Waals surface area contributed by atoms with Crippen molar-refractivity contribution in [2.24, 2.45) is 0 Å². The fraction of sp³-hybridized carbons (Fsp3) is 0.562. The molecule has 1 amide bonds. The van der Waals surface area contributed by atoms with Crippen molar-refractivity contribution in [3.63, 3.8) is 0 Å². The molecule has 0 aliphatic carbocycles. The Hall–Kier alpha value is -1.45. The Morgan fingerprint density at radius 1 is 1.04 bits per heavy atom. The normalized spacial score (nSPS) is 14.4. The van der Waals surface area contributed by atoms with E-state index < -0.39 is 41.8 Å². The second kappa shape index (κ2) is 7.43. The standard InChI is InChI=1S/C16H26N2O5S2/c1-11(2)24(20,21)12(3)15(19)17-13-8-7-9-14(10-13)25(22,23)18-16(4,5)6/h7-12,18H,1-6H3,(H,17,19). The number of nitrogens with one attached hydrogen (secondary N) is 2. The summed E-state index contributed by atoms with van der Waals surface area (Å²) in [7, 11) is -7.36. The first-order chi connectivity index (χ1) is 11.2. The zero-order chi connectivity index (χ0) is 19.6. The van der Waals surface area contributed by atoms with Gasteiger partial charge in [-0.2, -0.15) is 0 Å². The van der Waals surface area contributed by atoms with E-state index in [1.807, 2.05) is 0 Å². The summed E-state index contributed by atoms with van der Waals surface area (Å²) >= 11 is 0. The second-order valence-corrected chi connectivity index (χ2v) is 11.7. The summed E-state index contributed by atoms with van der Waals surface area (Å²) in [5.41, 5.74) is -0.439. The molecule has 9 heteroatoms. The number of carbonyl (C=O) groups is 1. The van der Waals surface area contributed by atoms with Gasteiger partial charge in [0.25, 0.3) is 0 Å². The van der Waals surface area contributed by atoms with Gasteiger partial charge >= 0.3 is 0 Å². The van der Waals surface area contributed by atoms with E-state index in [-0.39, 0.29) is 10.6 Å². The molecule has 0 aliphatic heterocycles. The Morgan fingerprint density at radius 3 is 2.08 bits per heavy atom. The molecule has 25 heavy (non-hydrogen) atoms. The predicted octanol–water partition coefficient (Wildman–Crippen LogP) is 1.91. The fourth-order valence-corrected chi connectivity index (χ4v) is 4.64. The number of sulfonamides is 1. The number of carbonyl (C=O) groups excluding carboxylic acids is 1. The van der Waals surface area contributed by atoms with Crippen molar-refractivity contribution < 1.29 is 21.6 Å². The molecule has 142 valence electrons. The van der Waals surface area contributed by atoms with Crippen LogP contribution in [0.5, 0.6) is 0 Å². The Kier molecular flexibility index (Phi) is 6.41. The van der Waals surface area contributed by atoms with Crippen molar-refractivity contribution >= 4 is 31.5 Å². The van der Waals surface area contributed by atoms with Crippen molar-refractivity contribution in [1.29, 1.82) is 0 Å². The van der Waals surface area contributed by atoms with Crippen LogP contribution < -0.4 is 10.0 Å². The van der Waals surface area contributed by atoms with Crippen LogP contribution in [0.3, 0.4) is 0 Å². The number of hydrogen-bond donors (Lipinski definition) is 2. The third-order valence-electron chi connectivity index (χ3n) is 3.37. The highest BCUT2D eigenvalue weighted by Crippen LogP contribution is 2.19. The summed E-state index contributed by atoms with van der Waals surface area (Å²) in [5, 5.41) is 0.548. The van der Waals surface area contributed by atoms with Gasteiger partial charge in [-0.15, -0.1) is 0 Å². The summed E-state index contributed by atoms with van der Waals surface area (Å²) in [6, 6.07) is 5.68. The van der Waals surface area contributed by atoms with Crippen LogP contribution >= 0.6 is 0 Å². The molecule has 0 radical (unpaired) electrons. The van der Waals surface area contributed by atoms with Crippen LogP contribution in [0.25, 0.3) is 0 Å². The lowest BCUT2D eigenvalue weighted by Crippen LogP contribution is -2.40. The predicted molar refractivity (Wildman–Crippen MR) is 98.7 cm³/mol. The van der Waals surface area contributed by atoms with Crippen molar-refractivity contribution in [1.82, 2.24) is 4.72 Å². The largest absolute Gasteiger partial charge is 0.325 e. The van der Waals surface area contributed by atoms with Gasteiger partial charge in [0, 0.05) is 11.2 Å². The molecule has 1 unspecified atom stereocenters. The molecule has 7 nitrogen and oxygen atoms in total. The van der Waals surface area contributed by atoms with Crippen LogP contribution in [-0.4, -0.2) is 38.8 Å². The summed E-state index contributed by atoms with van der Waals surface area (Å²) in [6.45, 7) is 9.47. The third-order valence-corrected chi connectivity index (χ3v) is 7.64. The van der Waals surface area contributed by atoms with E-state index in [1.165, 1.54) is 45.0 Å². The Morgan fingerprint density at radius 2 is 1.60 bits per heavy atom. The van der Waals surface area contributed by atoms with Gasteiger partial charge in [0.1, 0.15) is 5.25 Å².